The van der Waals surface area contributed by atoms with Crippen molar-refractivity contribution in [1.82, 2.24) is 0 Å². The summed E-state index contributed by atoms with van der Waals surface area (Å²) in [5.74, 6) is 3.27. The predicted molar refractivity (Wildman–Crippen MR) is 63.6 cm³/mol. The van der Waals surface area contributed by atoms with E-state index in [4.69, 9.17) is 16.3 Å². The molecule has 15 heavy (non-hydrogen) atoms. The lowest BCUT2D eigenvalue weighted by atomic mass is 10.2. The largest absolute Gasteiger partial charge is 0.493 e. The third-order valence-electron chi connectivity index (χ3n) is 1.92. The smallest absolute Gasteiger partial charge is 0.124 e. The predicted octanol–water partition coefficient (Wildman–Crippen LogP) is 2.73. The average Bonchev–Trinajstić information content (AvgIpc) is 2.26. The summed E-state index contributed by atoms with van der Waals surface area (Å²) in [6.07, 6.45) is 6.68. The molecule has 1 aromatic rings. The number of hydrogen-bond acceptors (Lipinski definition) is 2. The van der Waals surface area contributed by atoms with Gasteiger partial charge in [0.1, 0.15) is 5.75 Å². The molecule has 0 unspecified atom stereocenters. The molecule has 0 fully saturated rings. The lowest BCUT2D eigenvalue weighted by Gasteiger charge is -2.09. The first-order valence-electron chi connectivity index (χ1n) is 4.73. The van der Waals surface area contributed by atoms with Crippen LogP contribution in [0.5, 0.6) is 5.75 Å². The van der Waals surface area contributed by atoms with Gasteiger partial charge in [-0.25, -0.2) is 0 Å². The van der Waals surface area contributed by atoms with E-state index in [9.17, 15) is 0 Å². The molecule has 0 aliphatic carbocycles. The van der Waals surface area contributed by atoms with Crippen molar-refractivity contribution in [3.8, 4) is 18.1 Å². The van der Waals surface area contributed by atoms with Gasteiger partial charge in [0.15, 0.2) is 0 Å². The van der Waals surface area contributed by atoms with E-state index in [1.54, 1.807) is 0 Å². The maximum Gasteiger partial charge on any atom is 0.124 e. The summed E-state index contributed by atoms with van der Waals surface area (Å²) in [6.45, 7) is 0.558. The summed E-state index contributed by atoms with van der Waals surface area (Å²) in [7, 11) is 0. The molecule has 0 radical (unpaired) electrons. The number of aliphatic hydroxyl groups excluding tert-OH is 1. The Kier molecular flexibility index (Phi) is 5.23. The highest BCUT2D eigenvalue weighted by Gasteiger charge is 2.02. The van der Waals surface area contributed by atoms with Crippen molar-refractivity contribution in [1.29, 1.82) is 0 Å². The molecule has 0 aromatic heterocycles. The van der Waals surface area contributed by atoms with Crippen LogP contribution >= 0.6 is 15.9 Å². The first kappa shape index (κ1) is 12.1. The Bertz CT molecular complexity index is 355. The van der Waals surface area contributed by atoms with Gasteiger partial charge in [-0.15, -0.1) is 12.3 Å². The van der Waals surface area contributed by atoms with Crippen LogP contribution in [0.4, 0.5) is 0 Å². The Hall–Kier alpha value is -0.980. The van der Waals surface area contributed by atoms with Crippen molar-refractivity contribution in [3.63, 3.8) is 0 Å². The first-order chi connectivity index (χ1) is 7.27. The van der Waals surface area contributed by atoms with Gasteiger partial charge in [-0.2, -0.15) is 0 Å². The molecule has 0 heterocycles. The van der Waals surface area contributed by atoms with E-state index in [1.165, 1.54) is 0 Å². The Morgan fingerprint density at radius 2 is 2.27 bits per heavy atom. The summed E-state index contributed by atoms with van der Waals surface area (Å²) in [5, 5.41) is 9.11. The second kappa shape index (κ2) is 6.49. The maximum atomic E-state index is 9.11. The minimum Gasteiger partial charge on any atom is -0.493 e. The number of hydrogen-bond donors (Lipinski definition) is 1. The zero-order chi connectivity index (χ0) is 11.1. The van der Waals surface area contributed by atoms with Gasteiger partial charge < -0.3 is 9.84 Å². The third kappa shape index (κ3) is 3.94. The quantitative estimate of drug-likeness (QED) is 0.658. The standard InChI is InChI=1S/C12H13BrO2/c1-2-3-4-7-15-12-6-5-11(13)8-10(12)9-14/h1,5-6,8,14H,3-4,7,9H2. The molecule has 1 N–H and O–H groups in total. The van der Waals surface area contributed by atoms with Crippen molar-refractivity contribution in [3.05, 3.63) is 28.2 Å². The number of halogens is 1. The highest BCUT2D eigenvalue weighted by Crippen LogP contribution is 2.23. The van der Waals surface area contributed by atoms with Crippen molar-refractivity contribution in [2.45, 2.75) is 19.4 Å². The van der Waals surface area contributed by atoms with Gasteiger partial charge in [0.05, 0.1) is 13.2 Å². The SMILES string of the molecule is C#CCCCOc1ccc(Br)cc1CO. The molecular formula is C12H13BrO2. The molecule has 2 nitrogen and oxygen atoms in total. The molecule has 1 rings (SSSR count). The molecule has 80 valence electrons. The molecule has 0 saturated heterocycles. The normalized spacial score (nSPS) is 9.67. The maximum absolute atomic E-state index is 9.11. The zero-order valence-corrected chi connectivity index (χ0v) is 9.96. The Morgan fingerprint density at radius 3 is 2.93 bits per heavy atom. The highest BCUT2D eigenvalue weighted by atomic mass is 79.9. The molecule has 0 bridgehead atoms. The van der Waals surface area contributed by atoms with Crippen LogP contribution in [0.15, 0.2) is 22.7 Å². The molecule has 0 saturated carbocycles. The van der Waals surface area contributed by atoms with Gasteiger partial charge in [-0.05, 0) is 24.6 Å². The van der Waals surface area contributed by atoms with Gasteiger partial charge in [0.2, 0.25) is 0 Å². The fourth-order valence-corrected chi connectivity index (χ4v) is 1.58. The number of rotatable bonds is 5. The van der Waals surface area contributed by atoms with E-state index in [2.05, 4.69) is 21.9 Å². The van der Waals surface area contributed by atoms with E-state index >= 15 is 0 Å². The molecule has 0 spiro atoms. The number of terminal acetylenes is 1. The van der Waals surface area contributed by atoms with Crippen LogP contribution in [0, 0.1) is 12.3 Å². The lowest BCUT2D eigenvalue weighted by Crippen LogP contribution is -2.00. The van der Waals surface area contributed by atoms with E-state index < -0.39 is 0 Å². The van der Waals surface area contributed by atoms with E-state index in [-0.39, 0.29) is 6.61 Å². The Labute approximate surface area is 98.4 Å². The summed E-state index contributed by atoms with van der Waals surface area (Å²) < 4.78 is 6.44. The monoisotopic (exact) mass is 268 g/mol. The number of ether oxygens (including phenoxy) is 1. The van der Waals surface area contributed by atoms with Crippen molar-refractivity contribution in [2.75, 3.05) is 6.61 Å². The van der Waals surface area contributed by atoms with Crippen molar-refractivity contribution in [2.24, 2.45) is 0 Å². The van der Waals surface area contributed by atoms with Gasteiger partial charge in [0.25, 0.3) is 0 Å². The van der Waals surface area contributed by atoms with Crippen LogP contribution in [-0.4, -0.2) is 11.7 Å². The van der Waals surface area contributed by atoms with Crippen LogP contribution in [-0.2, 0) is 6.61 Å². The van der Waals surface area contributed by atoms with Crippen LogP contribution < -0.4 is 4.74 Å². The van der Waals surface area contributed by atoms with Gasteiger partial charge in [0, 0.05) is 16.5 Å². The second-order valence-electron chi connectivity index (χ2n) is 3.07. The van der Waals surface area contributed by atoms with E-state index in [0.29, 0.717) is 13.0 Å². The molecule has 0 atom stereocenters. The summed E-state index contributed by atoms with van der Waals surface area (Å²) >= 11 is 3.34. The second-order valence-corrected chi connectivity index (χ2v) is 3.98. The summed E-state index contributed by atoms with van der Waals surface area (Å²) in [6, 6.07) is 5.57. The number of aliphatic hydroxyl groups is 1. The Morgan fingerprint density at radius 1 is 1.47 bits per heavy atom. The van der Waals surface area contributed by atoms with Gasteiger partial charge >= 0.3 is 0 Å². The fourth-order valence-electron chi connectivity index (χ4n) is 1.17. The molecular weight excluding hydrogens is 256 g/mol. The highest BCUT2D eigenvalue weighted by molar-refractivity contribution is 9.10. The lowest BCUT2D eigenvalue weighted by molar-refractivity contribution is 0.261. The zero-order valence-electron chi connectivity index (χ0n) is 8.37. The molecule has 0 aliphatic heterocycles. The molecule has 3 heteroatoms. The fraction of sp³-hybridized carbons (Fsp3) is 0.333. The summed E-state index contributed by atoms with van der Waals surface area (Å²) in [5.41, 5.74) is 0.782. The topological polar surface area (TPSA) is 29.5 Å². The number of benzene rings is 1. The average molecular weight is 269 g/mol. The third-order valence-corrected chi connectivity index (χ3v) is 2.41. The van der Waals surface area contributed by atoms with E-state index in [1.807, 2.05) is 18.2 Å². The van der Waals surface area contributed by atoms with E-state index in [0.717, 1.165) is 22.2 Å². The van der Waals surface area contributed by atoms with Crippen molar-refractivity contribution < 1.29 is 9.84 Å². The van der Waals surface area contributed by atoms with Gasteiger partial charge in [-0.3, -0.25) is 0 Å². The minimum atomic E-state index is -0.0239. The van der Waals surface area contributed by atoms with Gasteiger partial charge in [-0.1, -0.05) is 15.9 Å². The van der Waals surface area contributed by atoms with Crippen LogP contribution in [0.3, 0.4) is 0 Å². The molecule has 0 aliphatic rings. The van der Waals surface area contributed by atoms with Crippen LogP contribution in [0.1, 0.15) is 18.4 Å². The van der Waals surface area contributed by atoms with Crippen molar-refractivity contribution >= 4 is 15.9 Å². The first-order valence-corrected chi connectivity index (χ1v) is 5.52. The van der Waals surface area contributed by atoms with Crippen LogP contribution in [0.2, 0.25) is 0 Å². The number of unbranched alkanes of at least 4 members (excludes halogenated alkanes) is 1. The Balaban J connectivity index is 2.57. The minimum absolute atomic E-state index is 0.0239. The van der Waals surface area contributed by atoms with Crippen LogP contribution in [0.25, 0.3) is 0 Å². The summed E-state index contributed by atoms with van der Waals surface area (Å²) in [4.78, 5) is 0. The molecule has 1 aromatic carbocycles. The molecule has 0 amide bonds.